The Balaban J connectivity index is 1.53. The molecule has 5 nitrogen and oxygen atoms in total. The minimum Gasteiger partial charge on any atom is -0.347 e. The van der Waals surface area contributed by atoms with Crippen LogP contribution < -0.4 is 11.1 Å². The number of likely N-dealkylation sites (tertiary alicyclic amines) is 1. The Morgan fingerprint density at radius 1 is 1.16 bits per heavy atom. The minimum absolute atomic E-state index is 0.0714. The van der Waals surface area contributed by atoms with Crippen molar-refractivity contribution >= 4 is 23.2 Å². The molecule has 0 aliphatic carbocycles. The van der Waals surface area contributed by atoms with Gasteiger partial charge in [-0.15, -0.1) is 11.3 Å². The van der Waals surface area contributed by atoms with Crippen LogP contribution in [0.2, 0.25) is 0 Å². The predicted molar refractivity (Wildman–Crippen MR) is 99.6 cm³/mol. The maximum atomic E-state index is 12.6. The molecule has 6 heteroatoms. The van der Waals surface area contributed by atoms with Crippen molar-refractivity contribution in [3.8, 4) is 0 Å². The van der Waals surface area contributed by atoms with E-state index in [0.717, 1.165) is 31.5 Å². The molecule has 1 aromatic carbocycles. The van der Waals surface area contributed by atoms with Crippen LogP contribution in [0.3, 0.4) is 0 Å². The lowest BCUT2D eigenvalue weighted by atomic mass is 9.96. The highest BCUT2D eigenvalue weighted by Gasteiger charge is 2.22. The van der Waals surface area contributed by atoms with E-state index in [0.29, 0.717) is 29.4 Å². The van der Waals surface area contributed by atoms with Gasteiger partial charge in [0.15, 0.2) is 0 Å². The number of amides is 2. The Hall–Kier alpha value is -2.18. The molecule has 0 spiro atoms. The zero-order chi connectivity index (χ0) is 17.6. The van der Waals surface area contributed by atoms with Crippen molar-refractivity contribution in [2.45, 2.75) is 19.4 Å². The summed E-state index contributed by atoms with van der Waals surface area (Å²) >= 11 is 1.42. The van der Waals surface area contributed by atoms with Gasteiger partial charge in [-0.25, -0.2) is 0 Å². The van der Waals surface area contributed by atoms with E-state index in [1.807, 2.05) is 40.6 Å². The third-order valence-corrected chi connectivity index (χ3v) is 5.50. The number of nitrogens with two attached hydrogens (primary N) is 1. The van der Waals surface area contributed by atoms with Crippen LogP contribution in [0.5, 0.6) is 0 Å². The van der Waals surface area contributed by atoms with E-state index in [1.165, 1.54) is 11.3 Å². The summed E-state index contributed by atoms with van der Waals surface area (Å²) in [5.74, 6) is 0.543. The molecule has 2 heterocycles. The van der Waals surface area contributed by atoms with Crippen LogP contribution in [0.25, 0.3) is 0 Å². The van der Waals surface area contributed by atoms with Crippen LogP contribution in [0, 0.1) is 5.92 Å². The molecule has 1 saturated heterocycles. The second-order valence-electron chi connectivity index (χ2n) is 6.33. The highest BCUT2D eigenvalue weighted by Crippen LogP contribution is 2.18. The van der Waals surface area contributed by atoms with Gasteiger partial charge in [-0.1, -0.05) is 18.2 Å². The zero-order valence-corrected chi connectivity index (χ0v) is 14.9. The van der Waals surface area contributed by atoms with E-state index in [1.54, 1.807) is 6.07 Å². The molecule has 0 saturated carbocycles. The Labute approximate surface area is 151 Å². The standard InChI is InChI=1S/C19H23N3O2S/c20-12-14-7-9-22(10-8-14)19(24)16-5-3-15(4-6-16)13-21-18(23)17-2-1-11-25-17/h1-6,11,14H,7-10,12-13,20H2,(H,21,23). The second kappa shape index (κ2) is 8.27. The lowest BCUT2D eigenvalue weighted by Gasteiger charge is -2.31. The average molecular weight is 357 g/mol. The van der Waals surface area contributed by atoms with E-state index in [4.69, 9.17) is 5.73 Å². The number of carbonyl (C=O) groups excluding carboxylic acids is 2. The quantitative estimate of drug-likeness (QED) is 0.863. The van der Waals surface area contributed by atoms with E-state index >= 15 is 0 Å². The Kier molecular flexibility index (Phi) is 5.83. The zero-order valence-electron chi connectivity index (χ0n) is 14.1. The van der Waals surface area contributed by atoms with Gasteiger partial charge in [-0.3, -0.25) is 9.59 Å². The lowest BCUT2D eigenvalue weighted by Crippen LogP contribution is -2.40. The molecule has 1 aliphatic heterocycles. The first kappa shape index (κ1) is 17.6. The first-order chi connectivity index (χ1) is 12.2. The maximum absolute atomic E-state index is 12.6. The van der Waals surface area contributed by atoms with Gasteiger partial charge in [-0.05, 0) is 54.4 Å². The van der Waals surface area contributed by atoms with Gasteiger partial charge in [0.05, 0.1) is 4.88 Å². The van der Waals surface area contributed by atoms with Crippen molar-refractivity contribution in [2.24, 2.45) is 11.7 Å². The minimum atomic E-state index is -0.0714. The number of benzene rings is 1. The molecule has 3 N–H and O–H groups in total. The predicted octanol–water partition coefficient (Wildman–Crippen LogP) is 2.49. The van der Waals surface area contributed by atoms with Crippen LogP contribution in [-0.2, 0) is 6.54 Å². The van der Waals surface area contributed by atoms with E-state index in [2.05, 4.69) is 5.32 Å². The van der Waals surface area contributed by atoms with E-state index in [9.17, 15) is 9.59 Å². The number of hydrogen-bond donors (Lipinski definition) is 2. The van der Waals surface area contributed by atoms with Crippen LogP contribution in [0.1, 0.15) is 38.4 Å². The van der Waals surface area contributed by atoms with Crippen LogP contribution in [0.4, 0.5) is 0 Å². The molecule has 0 bridgehead atoms. The van der Waals surface area contributed by atoms with Crippen molar-refractivity contribution < 1.29 is 9.59 Å². The SMILES string of the molecule is NCC1CCN(C(=O)c2ccc(CNC(=O)c3cccs3)cc2)CC1. The van der Waals surface area contributed by atoms with Gasteiger partial charge in [0.2, 0.25) is 0 Å². The molecule has 2 amide bonds. The lowest BCUT2D eigenvalue weighted by molar-refractivity contribution is 0.0693. The Morgan fingerprint density at radius 2 is 1.88 bits per heavy atom. The van der Waals surface area contributed by atoms with Crippen molar-refractivity contribution in [1.29, 1.82) is 0 Å². The van der Waals surface area contributed by atoms with Gasteiger partial charge in [-0.2, -0.15) is 0 Å². The van der Waals surface area contributed by atoms with Crippen LogP contribution in [0.15, 0.2) is 41.8 Å². The summed E-state index contributed by atoms with van der Waals surface area (Å²) in [5, 5.41) is 4.77. The first-order valence-electron chi connectivity index (χ1n) is 8.57. The first-order valence-corrected chi connectivity index (χ1v) is 9.45. The van der Waals surface area contributed by atoms with Crippen LogP contribution >= 0.6 is 11.3 Å². The smallest absolute Gasteiger partial charge is 0.261 e. The number of carbonyl (C=O) groups is 2. The summed E-state index contributed by atoms with van der Waals surface area (Å²) in [5.41, 5.74) is 7.37. The summed E-state index contributed by atoms with van der Waals surface area (Å²) in [6.45, 7) is 2.71. The Bertz CT molecular complexity index is 705. The molecule has 0 unspecified atom stereocenters. The van der Waals surface area contributed by atoms with Gasteiger partial charge >= 0.3 is 0 Å². The second-order valence-corrected chi connectivity index (χ2v) is 7.28. The number of piperidine rings is 1. The number of nitrogens with zero attached hydrogens (tertiary/aromatic N) is 1. The van der Waals surface area contributed by atoms with Gasteiger partial charge in [0.1, 0.15) is 0 Å². The van der Waals surface area contributed by atoms with Crippen molar-refractivity contribution in [2.75, 3.05) is 19.6 Å². The van der Waals surface area contributed by atoms with Gasteiger partial charge in [0.25, 0.3) is 11.8 Å². The largest absolute Gasteiger partial charge is 0.347 e. The molecule has 1 aromatic heterocycles. The fourth-order valence-corrected chi connectivity index (χ4v) is 3.64. The summed E-state index contributed by atoms with van der Waals surface area (Å²) < 4.78 is 0. The highest BCUT2D eigenvalue weighted by molar-refractivity contribution is 7.12. The van der Waals surface area contributed by atoms with Crippen molar-refractivity contribution in [3.05, 3.63) is 57.8 Å². The number of hydrogen-bond acceptors (Lipinski definition) is 4. The van der Waals surface area contributed by atoms with Gasteiger partial charge in [0, 0.05) is 25.2 Å². The van der Waals surface area contributed by atoms with Crippen molar-refractivity contribution in [1.82, 2.24) is 10.2 Å². The van der Waals surface area contributed by atoms with Crippen LogP contribution in [-0.4, -0.2) is 36.3 Å². The summed E-state index contributed by atoms with van der Waals surface area (Å²) in [6, 6.07) is 11.1. The molecular formula is C19H23N3O2S. The highest BCUT2D eigenvalue weighted by atomic mass is 32.1. The number of thiophene rings is 1. The third kappa shape index (κ3) is 4.46. The number of nitrogens with one attached hydrogen (secondary N) is 1. The topological polar surface area (TPSA) is 75.4 Å². The molecule has 1 aliphatic rings. The summed E-state index contributed by atoms with van der Waals surface area (Å²) in [7, 11) is 0. The average Bonchev–Trinajstić information content (AvgIpc) is 3.21. The van der Waals surface area contributed by atoms with Crippen molar-refractivity contribution in [3.63, 3.8) is 0 Å². The fourth-order valence-electron chi connectivity index (χ4n) is 3.00. The molecule has 132 valence electrons. The van der Waals surface area contributed by atoms with Gasteiger partial charge < -0.3 is 16.0 Å². The Morgan fingerprint density at radius 3 is 2.48 bits per heavy atom. The summed E-state index contributed by atoms with van der Waals surface area (Å²) in [4.78, 5) is 27.1. The third-order valence-electron chi connectivity index (χ3n) is 4.63. The molecule has 25 heavy (non-hydrogen) atoms. The fraction of sp³-hybridized carbons (Fsp3) is 0.368. The maximum Gasteiger partial charge on any atom is 0.261 e. The molecule has 1 fully saturated rings. The normalized spacial score (nSPS) is 15.2. The van der Waals surface area contributed by atoms with E-state index < -0.39 is 0 Å². The molecule has 3 rings (SSSR count). The molecule has 0 radical (unpaired) electrons. The molecular weight excluding hydrogens is 334 g/mol. The van der Waals surface area contributed by atoms with E-state index in [-0.39, 0.29) is 11.8 Å². The monoisotopic (exact) mass is 357 g/mol. The molecule has 0 atom stereocenters. The number of rotatable bonds is 5. The summed E-state index contributed by atoms with van der Waals surface area (Å²) in [6.07, 6.45) is 1.96. The molecule has 2 aromatic rings.